The van der Waals surface area contributed by atoms with Crippen molar-refractivity contribution in [2.24, 2.45) is 0 Å². The summed E-state index contributed by atoms with van der Waals surface area (Å²) in [6.07, 6.45) is 5.47. The monoisotopic (exact) mass is 373 g/mol. The molecule has 2 aromatic rings. The lowest BCUT2D eigenvalue weighted by Crippen LogP contribution is -2.07. The number of carbonyl (C=O) groups excluding carboxylic acids is 1. The van der Waals surface area contributed by atoms with Gasteiger partial charge in [0.05, 0.1) is 6.61 Å². The summed E-state index contributed by atoms with van der Waals surface area (Å²) in [6.45, 7) is 2.87. The van der Waals surface area contributed by atoms with Crippen molar-refractivity contribution in [3.05, 3.63) is 64.6 Å². The molecule has 3 nitrogen and oxygen atoms in total. The molecule has 0 atom stereocenters. The molecule has 0 unspecified atom stereocenters. The molecule has 0 heterocycles. The summed E-state index contributed by atoms with van der Waals surface area (Å²) in [5.41, 5.74) is 1.71. The highest BCUT2D eigenvalue weighted by atomic mass is 79.9. The minimum Gasteiger partial charge on any atom is -0.494 e. The van der Waals surface area contributed by atoms with E-state index in [9.17, 15) is 4.79 Å². The first-order valence-electron chi connectivity index (χ1n) is 7.65. The van der Waals surface area contributed by atoms with Gasteiger partial charge in [-0.25, -0.2) is 0 Å². The Labute approximate surface area is 145 Å². The van der Waals surface area contributed by atoms with Crippen molar-refractivity contribution >= 4 is 33.6 Å². The predicted octanol–water partition coefficient (Wildman–Crippen LogP) is 5.28. The molecule has 0 aromatic heterocycles. The number of carbonyl (C=O) groups is 1. The fraction of sp³-hybridized carbons (Fsp3) is 0.211. The smallest absolute Gasteiger partial charge is 0.248 e. The van der Waals surface area contributed by atoms with Gasteiger partial charge in [0.25, 0.3) is 0 Å². The molecule has 0 aliphatic heterocycles. The maximum absolute atomic E-state index is 11.9. The number of unbranched alkanes of at least 4 members (excludes halogenated alkanes) is 1. The predicted molar refractivity (Wildman–Crippen MR) is 98.7 cm³/mol. The van der Waals surface area contributed by atoms with Crippen molar-refractivity contribution in [2.45, 2.75) is 19.8 Å². The van der Waals surface area contributed by atoms with E-state index in [1.54, 1.807) is 6.08 Å². The van der Waals surface area contributed by atoms with Crippen LogP contribution in [0, 0.1) is 0 Å². The molecule has 0 saturated heterocycles. The number of hydrogen-bond donors (Lipinski definition) is 1. The van der Waals surface area contributed by atoms with Gasteiger partial charge in [-0.15, -0.1) is 0 Å². The molecule has 0 spiro atoms. The normalized spacial score (nSPS) is 10.7. The van der Waals surface area contributed by atoms with E-state index < -0.39 is 0 Å². The highest BCUT2D eigenvalue weighted by molar-refractivity contribution is 9.10. The Morgan fingerprint density at radius 3 is 2.70 bits per heavy atom. The quantitative estimate of drug-likeness (QED) is 0.529. The average Bonchev–Trinajstić information content (AvgIpc) is 2.54. The van der Waals surface area contributed by atoms with E-state index in [-0.39, 0.29) is 5.91 Å². The molecule has 23 heavy (non-hydrogen) atoms. The molecule has 0 bridgehead atoms. The van der Waals surface area contributed by atoms with Gasteiger partial charge in [-0.05, 0) is 48.4 Å². The van der Waals surface area contributed by atoms with Gasteiger partial charge in [-0.3, -0.25) is 4.79 Å². The zero-order valence-electron chi connectivity index (χ0n) is 13.1. The van der Waals surface area contributed by atoms with E-state index in [1.165, 1.54) is 6.08 Å². The highest BCUT2D eigenvalue weighted by Crippen LogP contribution is 2.16. The van der Waals surface area contributed by atoms with Crippen LogP contribution in [0.25, 0.3) is 6.08 Å². The number of amides is 1. The molecular formula is C19H20BrNO2. The number of benzene rings is 2. The van der Waals surface area contributed by atoms with Crippen LogP contribution in [-0.2, 0) is 4.79 Å². The fourth-order valence-corrected chi connectivity index (χ4v) is 2.33. The number of rotatable bonds is 7. The van der Waals surface area contributed by atoms with Gasteiger partial charge in [0, 0.05) is 16.2 Å². The van der Waals surface area contributed by atoms with Gasteiger partial charge in [0.2, 0.25) is 5.91 Å². The van der Waals surface area contributed by atoms with Crippen LogP contribution < -0.4 is 10.1 Å². The van der Waals surface area contributed by atoms with Crippen LogP contribution in [0.4, 0.5) is 5.69 Å². The maximum Gasteiger partial charge on any atom is 0.248 e. The minimum absolute atomic E-state index is 0.161. The van der Waals surface area contributed by atoms with Gasteiger partial charge in [0.15, 0.2) is 0 Å². The summed E-state index contributed by atoms with van der Waals surface area (Å²) < 4.78 is 6.54. The second-order valence-corrected chi connectivity index (χ2v) is 6.02. The second kappa shape index (κ2) is 9.16. The van der Waals surface area contributed by atoms with Crippen LogP contribution in [-0.4, -0.2) is 12.5 Å². The lowest BCUT2D eigenvalue weighted by Gasteiger charge is -2.05. The molecule has 120 valence electrons. The first-order valence-corrected chi connectivity index (χ1v) is 8.44. The summed E-state index contributed by atoms with van der Waals surface area (Å²) in [6, 6.07) is 15.2. The molecule has 1 amide bonds. The molecule has 0 saturated carbocycles. The molecule has 2 aromatic carbocycles. The van der Waals surface area contributed by atoms with Crippen molar-refractivity contribution in [3.8, 4) is 5.75 Å². The molecule has 2 rings (SSSR count). The maximum atomic E-state index is 11.9. The van der Waals surface area contributed by atoms with Gasteiger partial charge in [-0.1, -0.05) is 47.5 Å². The van der Waals surface area contributed by atoms with Crippen LogP contribution in [0.2, 0.25) is 0 Å². The number of hydrogen-bond acceptors (Lipinski definition) is 2. The highest BCUT2D eigenvalue weighted by Gasteiger charge is 1.99. The van der Waals surface area contributed by atoms with E-state index >= 15 is 0 Å². The van der Waals surface area contributed by atoms with Crippen molar-refractivity contribution in [1.82, 2.24) is 0 Å². The lowest BCUT2D eigenvalue weighted by atomic mass is 10.2. The molecule has 0 fully saturated rings. The first-order chi connectivity index (χ1) is 11.2. The fourth-order valence-electron chi connectivity index (χ4n) is 1.93. The Morgan fingerprint density at radius 1 is 1.22 bits per heavy atom. The van der Waals surface area contributed by atoms with E-state index in [0.717, 1.165) is 40.9 Å². The summed E-state index contributed by atoms with van der Waals surface area (Å²) in [7, 11) is 0. The van der Waals surface area contributed by atoms with Crippen LogP contribution in [0.1, 0.15) is 25.3 Å². The molecule has 0 aliphatic rings. The number of halogens is 1. The summed E-state index contributed by atoms with van der Waals surface area (Å²) in [5, 5.41) is 2.82. The van der Waals surface area contributed by atoms with Gasteiger partial charge in [0.1, 0.15) is 5.75 Å². The largest absolute Gasteiger partial charge is 0.494 e. The number of anilines is 1. The van der Waals surface area contributed by atoms with Crippen LogP contribution in [0.3, 0.4) is 0 Å². The third kappa shape index (κ3) is 6.28. The second-order valence-electron chi connectivity index (χ2n) is 5.10. The Hall–Kier alpha value is -2.07. The van der Waals surface area contributed by atoms with Crippen molar-refractivity contribution in [2.75, 3.05) is 11.9 Å². The Morgan fingerprint density at radius 2 is 2.00 bits per heavy atom. The molecule has 1 N–H and O–H groups in total. The lowest BCUT2D eigenvalue weighted by molar-refractivity contribution is -0.111. The first kappa shape index (κ1) is 17.3. The van der Waals surface area contributed by atoms with E-state index in [0.29, 0.717) is 0 Å². The van der Waals surface area contributed by atoms with Crippen molar-refractivity contribution in [1.29, 1.82) is 0 Å². The van der Waals surface area contributed by atoms with Crippen molar-refractivity contribution < 1.29 is 9.53 Å². The van der Waals surface area contributed by atoms with Crippen LogP contribution >= 0.6 is 15.9 Å². The summed E-state index contributed by atoms with van der Waals surface area (Å²) in [4.78, 5) is 11.9. The van der Waals surface area contributed by atoms with Gasteiger partial charge < -0.3 is 10.1 Å². The Balaban J connectivity index is 1.88. The Kier molecular flexibility index (Phi) is 6.88. The Bertz CT molecular complexity index is 665. The SMILES string of the molecule is CCCCOc1ccc(/C=C/C(=O)Nc2cccc(Br)c2)cc1. The third-order valence-electron chi connectivity index (χ3n) is 3.17. The number of ether oxygens (including phenoxy) is 1. The molecule has 4 heteroatoms. The van der Waals surface area contributed by atoms with Gasteiger partial charge >= 0.3 is 0 Å². The number of nitrogens with one attached hydrogen (secondary N) is 1. The van der Waals surface area contributed by atoms with Crippen molar-refractivity contribution in [3.63, 3.8) is 0 Å². The van der Waals surface area contributed by atoms with E-state index in [1.807, 2.05) is 48.5 Å². The zero-order chi connectivity index (χ0) is 16.5. The van der Waals surface area contributed by atoms with Gasteiger partial charge in [-0.2, -0.15) is 0 Å². The average molecular weight is 374 g/mol. The standard InChI is InChI=1S/C19H20BrNO2/c1-2-3-13-23-18-10-7-15(8-11-18)9-12-19(22)21-17-6-4-5-16(20)14-17/h4-12,14H,2-3,13H2,1H3,(H,21,22)/b12-9+. The summed E-state index contributed by atoms with van der Waals surface area (Å²) >= 11 is 3.38. The van der Waals surface area contributed by atoms with E-state index in [4.69, 9.17) is 4.74 Å². The minimum atomic E-state index is -0.161. The molecular weight excluding hydrogens is 354 g/mol. The zero-order valence-corrected chi connectivity index (χ0v) is 14.7. The summed E-state index contributed by atoms with van der Waals surface area (Å²) in [5.74, 6) is 0.695. The molecule has 0 radical (unpaired) electrons. The van der Waals surface area contributed by atoms with Crippen LogP contribution in [0.15, 0.2) is 59.1 Å². The van der Waals surface area contributed by atoms with Crippen LogP contribution in [0.5, 0.6) is 5.75 Å². The van der Waals surface area contributed by atoms with E-state index in [2.05, 4.69) is 28.2 Å². The molecule has 0 aliphatic carbocycles. The third-order valence-corrected chi connectivity index (χ3v) is 3.66. The topological polar surface area (TPSA) is 38.3 Å².